The van der Waals surface area contributed by atoms with Crippen molar-refractivity contribution in [3.8, 4) is 17.1 Å². The Bertz CT molecular complexity index is 1840. The number of rotatable bonds is 9. The van der Waals surface area contributed by atoms with Crippen molar-refractivity contribution >= 4 is 39.5 Å². The van der Waals surface area contributed by atoms with Gasteiger partial charge in [-0.15, -0.1) is 0 Å². The molecular formula is C34H35N7. The minimum atomic E-state index is 0.497. The van der Waals surface area contributed by atoms with Crippen molar-refractivity contribution < 1.29 is 0 Å². The van der Waals surface area contributed by atoms with Gasteiger partial charge in [0.2, 0.25) is 0 Å². The number of benzene rings is 3. The normalized spacial score (nSPS) is 12.1. The van der Waals surface area contributed by atoms with E-state index < -0.39 is 0 Å². The van der Waals surface area contributed by atoms with Gasteiger partial charge < -0.3 is 15.2 Å². The molecule has 3 aromatic carbocycles. The lowest BCUT2D eigenvalue weighted by atomic mass is 10.0. The number of hydrogen-bond donors (Lipinski definition) is 3. The standard InChI is InChI=1S/C34H35N7/c1-22(2)35-16-14-23(3)18-25-10-11-26(19-24(25)4)32-38-33(37-28-12-13-31-27(20-28)21-36-40-31)30-15-17-41(34(30)39-32)29-8-6-5-7-9-29/h5-13,15,17-22,35H,14,16H2,1-4H3,(H,36,40)(H,37,38,39)/b23-18+. The molecule has 0 aliphatic carbocycles. The fourth-order valence-corrected chi connectivity index (χ4v) is 5.07. The quantitative estimate of drug-likeness (QED) is 0.174. The lowest BCUT2D eigenvalue weighted by Gasteiger charge is -2.12. The topological polar surface area (TPSA) is 83.5 Å². The van der Waals surface area contributed by atoms with Gasteiger partial charge in [-0.3, -0.25) is 5.10 Å². The summed E-state index contributed by atoms with van der Waals surface area (Å²) in [6, 6.07) is 25.5. The third-order valence-electron chi connectivity index (χ3n) is 7.28. The molecule has 7 heteroatoms. The van der Waals surface area contributed by atoms with Gasteiger partial charge >= 0.3 is 0 Å². The summed E-state index contributed by atoms with van der Waals surface area (Å²) in [5.74, 6) is 1.44. The van der Waals surface area contributed by atoms with E-state index in [2.05, 4.69) is 108 Å². The van der Waals surface area contributed by atoms with E-state index in [0.717, 1.165) is 57.7 Å². The number of aromatic nitrogens is 5. The van der Waals surface area contributed by atoms with Crippen molar-refractivity contribution in [1.82, 2.24) is 30.0 Å². The summed E-state index contributed by atoms with van der Waals surface area (Å²) in [7, 11) is 0. The van der Waals surface area contributed by atoms with E-state index in [4.69, 9.17) is 9.97 Å². The molecule has 0 saturated heterocycles. The summed E-state index contributed by atoms with van der Waals surface area (Å²) in [5, 5.41) is 16.2. The lowest BCUT2D eigenvalue weighted by molar-refractivity contribution is 0.590. The Morgan fingerprint density at radius 2 is 1.85 bits per heavy atom. The number of nitrogens with zero attached hydrogens (tertiary/aromatic N) is 4. The Morgan fingerprint density at radius 3 is 2.66 bits per heavy atom. The molecule has 0 atom stereocenters. The van der Waals surface area contributed by atoms with Crippen LogP contribution < -0.4 is 10.6 Å². The van der Waals surface area contributed by atoms with Crippen LogP contribution in [0.25, 0.3) is 45.1 Å². The smallest absolute Gasteiger partial charge is 0.163 e. The summed E-state index contributed by atoms with van der Waals surface area (Å²) in [6.45, 7) is 9.69. The largest absolute Gasteiger partial charge is 0.340 e. The van der Waals surface area contributed by atoms with Gasteiger partial charge in [-0.1, -0.05) is 55.8 Å². The number of H-pyrrole nitrogens is 1. The number of hydrogen-bond acceptors (Lipinski definition) is 5. The molecule has 0 fully saturated rings. The second kappa shape index (κ2) is 11.4. The average Bonchev–Trinajstić information content (AvgIpc) is 3.61. The fourth-order valence-electron chi connectivity index (χ4n) is 5.07. The van der Waals surface area contributed by atoms with E-state index in [9.17, 15) is 0 Å². The summed E-state index contributed by atoms with van der Waals surface area (Å²) in [6.07, 6.45) is 7.19. The zero-order valence-electron chi connectivity index (χ0n) is 23.9. The molecule has 206 valence electrons. The molecule has 7 nitrogen and oxygen atoms in total. The molecule has 41 heavy (non-hydrogen) atoms. The van der Waals surface area contributed by atoms with E-state index in [-0.39, 0.29) is 0 Å². The zero-order chi connectivity index (χ0) is 28.3. The van der Waals surface area contributed by atoms with E-state index in [1.807, 2.05) is 36.5 Å². The SMILES string of the molecule is C/C(=C\c1ccc(-c2nc(Nc3ccc4[nH]ncc4c3)c3ccn(-c4ccccc4)c3n2)cc1C)CCNC(C)C. The van der Waals surface area contributed by atoms with Gasteiger partial charge in [-0.25, -0.2) is 9.97 Å². The van der Waals surface area contributed by atoms with Crippen molar-refractivity contribution in [2.45, 2.75) is 40.2 Å². The van der Waals surface area contributed by atoms with Crippen LogP contribution in [0.2, 0.25) is 0 Å². The molecular weight excluding hydrogens is 506 g/mol. The first kappa shape index (κ1) is 26.5. The molecule has 0 amide bonds. The highest BCUT2D eigenvalue weighted by molar-refractivity contribution is 5.93. The third kappa shape index (κ3) is 5.76. The van der Waals surface area contributed by atoms with Gasteiger partial charge in [0.25, 0.3) is 0 Å². The van der Waals surface area contributed by atoms with Crippen LogP contribution in [-0.4, -0.2) is 37.3 Å². The van der Waals surface area contributed by atoms with Gasteiger partial charge in [0, 0.05) is 34.6 Å². The molecule has 0 radical (unpaired) electrons. The molecule has 6 aromatic rings. The molecule has 3 N–H and O–H groups in total. The molecule has 0 aliphatic rings. The first-order valence-electron chi connectivity index (χ1n) is 14.1. The second-order valence-corrected chi connectivity index (χ2v) is 10.9. The van der Waals surface area contributed by atoms with Crippen LogP contribution in [0.3, 0.4) is 0 Å². The Hall–Kier alpha value is -4.75. The number of para-hydroxylation sites is 1. The molecule has 3 aromatic heterocycles. The van der Waals surface area contributed by atoms with Crippen LogP contribution >= 0.6 is 0 Å². The monoisotopic (exact) mass is 541 g/mol. The molecule has 0 saturated carbocycles. The number of nitrogens with one attached hydrogen (secondary N) is 3. The zero-order valence-corrected chi connectivity index (χ0v) is 23.9. The first-order valence-corrected chi connectivity index (χ1v) is 14.1. The fraction of sp³-hybridized carbons (Fsp3) is 0.206. The van der Waals surface area contributed by atoms with E-state index in [0.29, 0.717) is 11.9 Å². The average molecular weight is 542 g/mol. The highest BCUT2D eigenvalue weighted by Crippen LogP contribution is 2.31. The minimum Gasteiger partial charge on any atom is -0.340 e. The second-order valence-electron chi connectivity index (χ2n) is 10.9. The van der Waals surface area contributed by atoms with Gasteiger partial charge in [0.1, 0.15) is 5.82 Å². The molecule has 0 spiro atoms. The molecule has 0 unspecified atom stereocenters. The van der Waals surface area contributed by atoms with Crippen molar-refractivity contribution in [3.05, 3.63) is 102 Å². The Balaban J connectivity index is 1.39. The Labute approximate surface area is 240 Å². The highest BCUT2D eigenvalue weighted by Gasteiger charge is 2.15. The predicted molar refractivity (Wildman–Crippen MR) is 170 cm³/mol. The van der Waals surface area contributed by atoms with Crippen LogP contribution in [0.5, 0.6) is 0 Å². The predicted octanol–water partition coefficient (Wildman–Crippen LogP) is 7.81. The molecule has 6 rings (SSSR count). The number of aryl methyl sites for hydroxylation is 1. The Kier molecular flexibility index (Phi) is 7.35. The van der Waals surface area contributed by atoms with Gasteiger partial charge in [0.05, 0.1) is 17.1 Å². The minimum absolute atomic E-state index is 0.497. The van der Waals surface area contributed by atoms with Gasteiger partial charge in [-0.2, -0.15) is 5.10 Å². The van der Waals surface area contributed by atoms with E-state index in [1.54, 1.807) is 0 Å². The molecule has 0 bridgehead atoms. The summed E-state index contributed by atoms with van der Waals surface area (Å²) in [5.41, 5.74) is 8.59. The van der Waals surface area contributed by atoms with Gasteiger partial charge in [0.15, 0.2) is 11.5 Å². The van der Waals surface area contributed by atoms with Crippen molar-refractivity contribution in [2.24, 2.45) is 0 Å². The van der Waals surface area contributed by atoms with E-state index >= 15 is 0 Å². The summed E-state index contributed by atoms with van der Waals surface area (Å²) < 4.78 is 2.11. The van der Waals surface area contributed by atoms with E-state index in [1.165, 1.54) is 16.7 Å². The lowest BCUT2D eigenvalue weighted by Crippen LogP contribution is -2.23. The van der Waals surface area contributed by atoms with Crippen molar-refractivity contribution in [3.63, 3.8) is 0 Å². The van der Waals surface area contributed by atoms with Crippen LogP contribution in [0, 0.1) is 6.92 Å². The van der Waals surface area contributed by atoms with Gasteiger partial charge in [-0.05, 0) is 80.4 Å². The van der Waals surface area contributed by atoms with Crippen LogP contribution in [0.15, 0.2) is 90.8 Å². The Morgan fingerprint density at radius 1 is 1.00 bits per heavy atom. The number of fused-ring (bicyclic) bond motifs is 2. The maximum atomic E-state index is 5.09. The maximum Gasteiger partial charge on any atom is 0.163 e. The molecule has 0 aliphatic heterocycles. The summed E-state index contributed by atoms with van der Waals surface area (Å²) in [4.78, 5) is 10.1. The summed E-state index contributed by atoms with van der Waals surface area (Å²) >= 11 is 0. The van der Waals surface area contributed by atoms with Crippen LogP contribution in [0.4, 0.5) is 11.5 Å². The number of aromatic amines is 1. The first-order chi connectivity index (χ1) is 19.9. The van der Waals surface area contributed by atoms with Crippen molar-refractivity contribution in [2.75, 3.05) is 11.9 Å². The number of anilines is 2. The third-order valence-corrected chi connectivity index (χ3v) is 7.28. The highest BCUT2D eigenvalue weighted by atomic mass is 15.1. The van der Waals surface area contributed by atoms with Crippen LogP contribution in [0.1, 0.15) is 38.3 Å². The molecule has 3 heterocycles. The van der Waals surface area contributed by atoms with Crippen LogP contribution in [-0.2, 0) is 0 Å². The van der Waals surface area contributed by atoms with Crippen molar-refractivity contribution in [1.29, 1.82) is 0 Å². The maximum absolute atomic E-state index is 5.09.